The van der Waals surface area contributed by atoms with E-state index in [0.29, 0.717) is 25.3 Å². The van der Waals surface area contributed by atoms with E-state index in [1.54, 1.807) is 6.07 Å². The Kier molecular flexibility index (Phi) is 5.50. The van der Waals surface area contributed by atoms with Crippen molar-refractivity contribution in [2.45, 2.75) is 6.42 Å². The maximum Gasteiger partial charge on any atom is 0.289 e. The fraction of sp³-hybridized carbons (Fsp3) is 0.208. The number of hydrogen-bond donors (Lipinski definition) is 0. The third kappa shape index (κ3) is 4.36. The molecule has 0 unspecified atom stereocenters. The number of furan rings is 1. The topological polar surface area (TPSA) is 62.5 Å². The van der Waals surface area contributed by atoms with Gasteiger partial charge in [0, 0.05) is 49.7 Å². The molecule has 7 heteroatoms. The molecule has 2 aromatic heterocycles. The van der Waals surface area contributed by atoms with Gasteiger partial charge >= 0.3 is 0 Å². The molecule has 0 bridgehead atoms. The lowest BCUT2D eigenvalue weighted by Gasteiger charge is -2.33. The Hall–Kier alpha value is -3.45. The molecule has 2 aromatic carbocycles. The van der Waals surface area contributed by atoms with Crippen LogP contribution in [0.5, 0.6) is 0 Å². The van der Waals surface area contributed by atoms with Crippen LogP contribution in [0.25, 0.3) is 11.4 Å². The number of nitrogens with zero attached hydrogens (tertiary/aromatic N) is 4. The van der Waals surface area contributed by atoms with Crippen LogP contribution in [0, 0.1) is 0 Å². The van der Waals surface area contributed by atoms with Crippen molar-refractivity contribution in [2.75, 3.05) is 31.1 Å². The molecule has 0 saturated carbocycles. The molecule has 5 rings (SSSR count). The lowest BCUT2D eigenvalue weighted by Crippen LogP contribution is -2.48. The quantitative estimate of drug-likeness (QED) is 0.471. The summed E-state index contributed by atoms with van der Waals surface area (Å²) < 4.78 is 10.3. The summed E-state index contributed by atoms with van der Waals surface area (Å²) in [5, 5.41) is 0.897. The SMILES string of the molecule is O=C(c1ccc(Cc2ccccc2)o1)N1CCN(c2nc(-c3ccccc3)ns2)CC1. The molecule has 1 aliphatic heterocycles. The summed E-state index contributed by atoms with van der Waals surface area (Å²) in [4.78, 5) is 21.6. The van der Waals surface area contributed by atoms with Crippen LogP contribution in [0.2, 0.25) is 0 Å². The standard InChI is InChI=1S/C24H22N4O2S/c29-23(21-12-11-20(30-21)17-18-7-3-1-4-8-18)27-13-15-28(16-14-27)24-25-22(26-31-24)19-9-5-2-6-10-19/h1-12H,13-17H2. The third-order valence-electron chi connectivity index (χ3n) is 5.38. The Balaban J connectivity index is 1.19. The van der Waals surface area contributed by atoms with Crippen molar-refractivity contribution in [3.63, 3.8) is 0 Å². The fourth-order valence-corrected chi connectivity index (χ4v) is 4.43. The molecule has 0 aliphatic carbocycles. The molecule has 156 valence electrons. The van der Waals surface area contributed by atoms with Crippen molar-refractivity contribution in [1.29, 1.82) is 0 Å². The van der Waals surface area contributed by atoms with E-state index in [9.17, 15) is 4.79 Å². The van der Waals surface area contributed by atoms with Gasteiger partial charge in [0.1, 0.15) is 5.76 Å². The molecule has 6 nitrogen and oxygen atoms in total. The summed E-state index contributed by atoms with van der Waals surface area (Å²) in [5.41, 5.74) is 2.18. The van der Waals surface area contributed by atoms with Gasteiger partial charge in [-0.15, -0.1) is 0 Å². The number of amides is 1. The molecule has 0 atom stereocenters. The minimum atomic E-state index is -0.0544. The average molecular weight is 431 g/mol. The van der Waals surface area contributed by atoms with Crippen molar-refractivity contribution < 1.29 is 9.21 Å². The summed E-state index contributed by atoms with van der Waals surface area (Å²) >= 11 is 1.40. The summed E-state index contributed by atoms with van der Waals surface area (Å²) in [5.74, 6) is 1.90. The van der Waals surface area contributed by atoms with Crippen molar-refractivity contribution in [3.05, 3.63) is 89.9 Å². The molecular weight excluding hydrogens is 408 g/mol. The van der Waals surface area contributed by atoms with Gasteiger partial charge < -0.3 is 14.2 Å². The number of carbonyl (C=O) groups is 1. The van der Waals surface area contributed by atoms with Gasteiger partial charge in [0.15, 0.2) is 11.6 Å². The van der Waals surface area contributed by atoms with Crippen molar-refractivity contribution >= 4 is 22.6 Å². The van der Waals surface area contributed by atoms with E-state index in [0.717, 1.165) is 40.9 Å². The lowest BCUT2D eigenvalue weighted by atomic mass is 10.1. The van der Waals surface area contributed by atoms with Gasteiger partial charge in [0.05, 0.1) is 0 Å². The lowest BCUT2D eigenvalue weighted by molar-refractivity contribution is 0.0713. The maximum absolute atomic E-state index is 12.9. The van der Waals surface area contributed by atoms with Crippen LogP contribution in [0.4, 0.5) is 5.13 Å². The monoisotopic (exact) mass is 430 g/mol. The average Bonchev–Trinajstić information content (AvgIpc) is 3.50. The van der Waals surface area contributed by atoms with E-state index in [-0.39, 0.29) is 5.91 Å². The Bertz CT molecular complexity index is 1150. The predicted octanol–water partition coefficient (Wildman–Crippen LogP) is 4.35. The van der Waals surface area contributed by atoms with E-state index in [4.69, 9.17) is 4.42 Å². The Morgan fingerprint density at radius 3 is 2.35 bits per heavy atom. The van der Waals surface area contributed by atoms with Gasteiger partial charge in [-0.3, -0.25) is 4.79 Å². The summed E-state index contributed by atoms with van der Waals surface area (Å²) in [6.07, 6.45) is 0.683. The first-order valence-electron chi connectivity index (χ1n) is 10.3. The number of piperazine rings is 1. The predicted molar refractivity (Wildman–Crippen MR) is 121 cm³/mol. The van der Waals surface area contributed by atoms with Crippen molar-refractivity contribution in [3.8, 4) is 11.4 Å². The number of rotatable bonds is 5. The molecular formula is C24H22N4O2S. The van der Waals surface area contributed by atoms with Gasteiger partial charge in [-0.2, -0.15) is 9.36 Å². The fourth-order valence-electron chi connectivity index (χ4n) is 3.69. The molecule has 1 fully saturated rings. The van der Waals surface area contributed by atoms with E-state index in [1.807, 2.05) is 59.5 Å². The van der Waals surface area contributed by atoms with E-state index < -0.39 is 0 Å². The first kappa shape index (κ1) is 19.5. The number of carbonyl (C=O) groups excluding carboxylic acids is 1. The van der Waals surface area contributed by atoms with Crippen molar-refractivity contribution in [2.24, 2.45) is 0 Å². The Morgan fingerprint density at radius 1 is 0.903 bits per heavy atom. The smallest absolute Gasteiger partial charge is 0.289 e. The molecule has 0 spiro atoms. The number of hydrogen-bond acceptors (Lipinski definition) is 6. The molecule has 1 amide bonds. The second kappa shape index (κ2) is 8.73. The zero-order valence-electron chi connectivity index (χ0n) is 17.0. The van der Waals surface area contributed by atoms with Crippen LogP contribution in [0.1, 0.15) is 21.9 Å². The maximum atomic E-state index is 12.9. The van der Waals surface area contributed by atoms with E-state index in [2.05, 4.69) is 26.4 Å². The normalized spacial score (nSPS) is 14.1. The van der Waals surface area contributed by atoms with Crippen molar-refractivity contribution in [1.82, 2.24) is 14.3 Å². The highest BCUT2D eigenvalue weighted by Crippen LogP contribution is 2.25. The highest BCUT2D eigenvalue weighted by molar-refractivity contribution is 7.09. The van der Waals surface area contributed by atoms with Gasteiger partial charge in [0.25, 0.3) is 5.91 Å². The zero-order chi connectivity index (χ0) is 21.0. The molecule has 31 heavy (non-hydrogen) atoms. The molecule has 1 aliphatic rings. The number of aromatic nitrogens is 2. The van der Waals surface area contributed by atoms with Gasteiger partial charge in [-0.05, 0) is 17.7 Å². The van der Waals surface area contributed by atoms with Crippen LogP contribution in [0.3, 0.4) is 0 Å². The van der Waals surface area contributed by atoms with Gasteiger partial charge in [-0.25, -0.2) is 0 Å². The summed E-state index contributed by atoms with van der Waals surface area (Å²) in [6, 6.07) is 23.8. The molecule has 1 saturated heterocycles. The van der Waals surface area contributed by atoms with Crippen LogP contribution in [-0.4, -0.2) is 46.3 Å². The minimum absolute atomic E-state index is 0.0544. The number of anilines is 1. The first-order chi connectivity index (χ1) is 15.3. The second-order valence-electron chi connectivity index (χ2n) is 7.47. The highest BCUT2D eigenvalue weighted by atomic mass is 32.1. The Labute approximate surface area is 184 Å². The highest BCUT2D eigenvalue weighted by Gasteiger charge is 2.26. The van der Waals surface area contributed by atoms with Crippen LogP contribution >= 0.6 is 11.5 Å². The third-order valence-corrected chi connectivity index (χ3v) is 6.16. The zero-order valence-corrected chi connectivity index (χ0v) is 17.8. The summed E-state index contributed by atoms with van der Waals surface area (Å²) in [6.45, 7) is 2.72. The van der Waals surface area contributed by atoms with E-state index >= 15 is 0 Å². The van der Waals surface area contributed by atoms with Crippen LogP contribution < -0.4 is 4.90 Å². The Morgan fingerprint density at radius 2 is 1.61 bits per heavy atom. The number of benzene rings is 2. The minimum Gasteiger partial charge on any atom is -0.456 e. The largest absolute Gasteiger partial charge is 0.456 e. The van der Waals surface area contributed by atoms with E-state index in [1.165, 1.54) is 11.5 Å². The van der Waals surface area contributed by atoms with Crippen LogP contribution in [-0.2, 0) is 6.42 Å². The second-order valence-corrected chi connectivity index (χ2v) is 8.20. The molecule has 3 heterocycles. The molecule has 4 aromatic rings. The van der Waals surface area contributed by atoms with Crippen LogP contribution in [0.15, 0.2) is 77.2 Å². The van der Waals surface area contributed by atoms with Gasteiger partial charge in [-0.1, -0.05) is 60.7 Å². The first-order valence-corrected chi connectivity index (χ1v) is 11.1. The van der Waals surface area contributed by atoms with Gasteiger partial charge in [0.2, 0.25) is 5.13 Å². The molecule has 0 N–H and O–H groups in total. The molecule has 0 radical (unpaired) electrons. The summed E-state index contributed by atoms with van der Waals surface area (Å²) in [7, 11) is 0.